The fraction of sp³-hybridized carbons (Fsp3) is 0.316. The molecule has 0 spiro atoms. The van der Waals surface area contributed by atoms with Gasteiger partial charge in [0.05, 0.1) is 18.6 Å². The summed E-state index contributed by atoms with van der Waals surface area (Å²) >= 11 is 0. The van der Waals surface area contributed by atoms with Gasteiger partial charge in [-0.2, -0.15) is 13.2 Å². The standard InChI is InChI=1S/C19H20F3NO2/c1-2-25-18(24)12-17(23-13-14-6-4-3-5-7-14)15-8-10-16(11-9-15)19(20,21)22/h3-11,17,23H,2,12-13H2,1H3. The van der Waals surface area contributed by atoms with E-state index >= 15 is 0 Å². The zero-order chi connectivity index (χ0) is 18.3. The third-order valence-electron chi connectivity index (χ3n) is 3.71. The minimum absolute atomic E-state index is 0.0477. The summed E-state index contributed by atoms with van der Waals surface area (Å²) in [6.07, 6.45) is -4.33. The number of alkyl halides is 3. The molecule has 25 heavy (non-hydrogen) atoms. The van der Waals surface area contributed by atoms with Crippen molar-refractivity contribution in [3.63, 3.8) is 0 Å². The second-order valence-electron chi connectivity index (χ2n) is 5.55. The van der Waals surface area contributed by atoms with E-state index in [0.29, 0.717) is 12.1 Å². The predicted molar refractivity (Wildman–Crippen MR) is 88.7 cm³/mol. The molecule has 0 saturated heterocycles. The Morgan fingerprint density at radius 2 is 1.72 bits per heavy atom. The van der Waals surface area contributed by atoms with Gasteiger partial charge in [-0.1, -0.05) is 42.5 Å². The summed E-state index contributed by atoms with van der Waals surface area (Å²) in [7, 11) is 0. The van der Waals surface area contributed by atoms with Gasteiger partial charge in [0.2, 0.25) is 0 Å². The van der Waals surface area contributed by atoms with E-state index in [0.717, 1.165) is 17.7 Å². The molecule has 2 rings (SSSR count). The molecular weight excluding hydrogens is 331 g/mol. The summed E-state index contributed by atoms with van der Waals surface area (Å²) in [6.45, 7) is 2.46. The molecule has 0 heterocycles. The zero-order valence-electron chi connectivity index (χ0n) is 13.8. The number of carbonyl (C=O) groups is 1. The SMILES string of the molecule is CCOC(=O)CC(NCc1ccccc1)c1ccc(C(F)(F)F)cc1. The zero-order valence-corrected chi connectivity index (χ0v) is 13.8. The molecule has 134 valence electrons. The van der Waals surface area contributed by atoms with Crippen molar-refractivity contribution in [3.05, 3.63) is 71.3 Å². The second kappa shape index (κ2) is 8.67. The first kappa shape index (κ1) is 19.0. The van der Waals surface area contributed by atoms with Gasteiger partial charge in [-0.25, -0.2) is 0 Å². The number of rotatable bonds is 7. The first-order valence-corrected chi connectivity index (χ1v) is 8.00. The largest absolute Gasteiger partial charge is 0.466 e. The molecule has 0 bridgehead atoms. The Hall–Kier alpha value is -2.34. The fourth-order valence-electron chi connectivity index (χ4n) is 2.44. The summed E-state index contributed by atoms with van der Waals surface area (Å²) in [5, 5.41) is 3.22. The maximum Gasteiger partial charge on any atom is 0.416 e. The number of benzene rings is 2. The van der Waals surface area contributed by atoms with Crippen molar-refractivity contribution < 1.29 is 22.7 Å². The van der Waals surface area contributed by atoms with Gasteiger partial charge in [-0.15, -0.1) is 0 Å². The van der Waals surface area contributed by atoms with Crippen molar-refractivity contribution in [2.24, 2.45) is 0 Å². The average Bonchev–Trinajstić information content (AvgIpc) is 2.59. The smallest absolute Gasteiger partial charge is 0.416 e. The van der Waals surface area contributed by atoms with Gasteiger partial charge in [0.25, 0.3) is 0 Å². The van der Waals surface area contributed by atoms with Crippen LogP contribution in [0.4, 0.5) is 13.2 Å². The van der Waals surface area contributed by atoms with Gasteiger partial charge in [-0.3, -0.25) is 4.79 Å². The van der Waals surface area contributed by atoms with E-state index in [4.69, 9.17) is 4.74 Å². The average molecular weight is 351 g/mol. The Morgan fingerprint density at radius 3 is 2.28 bits per heavy atom. The quantitative estimate of drug-likeness (QED) is 0.747. The van der Waals surface area contributed by atoms with Crippen LogP contribution in [-0.2, 0) is 22.3 Å². The van der Waals surface area contributed by atoms with Crippen LogP contribution < -0.4 is 5.32 Å². The van der Waals surface area contributed by atoms with Gasteiger partial charge in [0.1, 0.15) is 0 Å². The lowest BCUT2D eigenvalue weighted by molar-refractivity contribution is -0.144. The highest BCUT2D eigenvalue weighted by Gasteiger charge is 2.30. The number of carbonyl (C=O) groups excluding carboxylic acids is 1. The van der Waals surface area contributed by atoms with Crippen molar-refractivity contribution >= 4 is 5.97 Å². The number of nitrogens with one attached hydrogen (secondary N) is 1. The third-order valence-corrected chi connectivity index (χ3v) is 3.71. The van der Waals surface area contributed by atoms with E-state index in [9.17, 15) is 18.0 Å². The molecule has 0 fully saturated rings. The van der Waals surface area contributed by atoms with Crippen molar-refractivity contribution in [1.29, 1.82) is 0 Å². The van der Waals surface area contributed by atoms with Crippen LogP contribution >= 0.6 is 0 Å². The number of halogens is 3. The molecule has 2 aromatic carbocycles. The molecule has 0 radical (unpaired) electrons. The van der Waals surface area contributed by atoms with Crippen LogP contribution in [0.3, 0.4) is 0 Å². The van der Waals surface area contributed by atoms with Gasteiger partial charge in [0.15, 0.2) is 0 Å². The van der Waals surface area contributed by atoms with E-state index in [1.807, 2.05) is 30.3 Å². The molecule has 0 saturated carbocycles. The topological polar surface area (TPSA) is 38.3 Å². The minimum atomic E-state index is -4.38. The number of hydrogen-bond acceptors (Lipinski definition) is 3. The first-order chi connectivity index (χ1) is 11.9. The van der Waals surface area contributed by atoms with Gasteiger partial charge < -0.3 is 10.1 Å². The van der Waals surface area contributed by atoms with Crippen LogP contribution in [0.15, 0.2) is 54.6 Å². The molecular formula is C19H20F3NO2. The molecule has 1 atom stereocenters. The summed E-state index contributed by atoms with van der Waals surface area (Å²) in [5.41, 5.74) is 0.912. The van der Waals surface area contributed by atoms with Crippen LogP contribution in [-0.4, -0.2) is 12.6 Å². The van der Waals surface area contributed by atoms with E-state index in [1.165, 1.54) is 12.1 Å². The highest BCUT2D eigenvalue weighted by molar-refractivity contribution is 5.70. The number of hydrogen-bond donors (Lipinski definition) is 1. The van der Waals surface area contributed by atoms with Crippen molar-refractivity contribution in [1.82, 2.24) is 5.32 Å². The van der Waals surface area contributed by atoms with Gasteiger partial charge >= 0.3 is 12.1 Å². The van der Waals surface area contributed by atoms with Crippen LogP contribution in [0.2, 0.25) is 0 Å². The highest BCUT2D eigenvalue weighted by Crippen LogP contribution is 2.30. The molecule has 0 aromatic heterocycles. The lowest BCUT2D eigenvalue weighted by atomic mass is 10.0. The van der Waals surface area contributed by atoms with Crippen molar-refractivity contribution in [3.8, 4) is 0 Å². The monoisotopic (exact) mass is 351 g/mol. The Bertz CT molecular complexity index is 669. The molecule has 2 aromatic rings. The normalized spacial score (nSPS) is 12.6. The summed E-state index contributed by atoms with van der Waals surface area (Å²) in [5.74, 6) is -0.395. The lowest BCUT2D eigenvalue weighted by Crippen LogP contribution is -2.24. The van der Waals surface area contributed by atoms with E-state index in [1.54, 1.807) is 6.92 Å². The maximum absolute atomic E-state index is 12.7. The number of ether oxygens (including phenoxy) is 1. The fourth-order valence-corrected chi connectivity index (χ4v) is 2.44. The summed E-state index contributed by atoms with van der Waals surface area (Å²) in [6, 6.07) is 14.0. The molecule has 0 amide bonds. The van der Waals surface area contributed by atoms with Crippen LogP contribution in [0.1, 0.15) is 36.1 Å². The highest BCUT2D eigenvalue weighted by atomic mass is 19.4. The maximum atomic E-state index is 12.7. The first-order valence-electron chi connectivity index (χ1n) is 8.00. The van der Waals surface area contributed by atoms with Gasteiger partial charge in [0, 0.05) is 12.6 Å². The Labute approximate surface area is 144 Å². The van der Waals surface area contributed by atoms with E-state index < -0.39 is 23.8 Å². The Morgan fingerprint density at radius 1 is 1.08 bits per heavy atom. The van der Waals surface area contributed by atoms with Crippen LogP contribution in [0, 0.1) is 0 Å². The van der Waals surface area contributed by atoms with Crippen LogP contribution in [0.25, 0.3) is 0 Å². The van der Waals surface area contributed by atoms with Crippen molar-refractivity contribution in [2.45, 2.75) is 32.1 Å². The molecule has 0 aliphatic carbocycles. The Kier molecular flexibility index (Phi) is 6.58. The molecule has 1 unspecified atom stereocenters. The predicted octanol–water partition coefficient (Wildman–Crippen LogP) is 4.49. The molecule has 0 aliphatic heterocycles. The Balaban J connectivity index is 2.14. The summed E-state index contributed by atoms with van der Waals surface area (Å²) in [4.78, 5) is 11.8. The van der Waals surface area contributed by atoms with E-state index in [2.05, 4.69) is 5.32 Å². The van der Waals surface area contributed by atoms with Crippen LogP contribution in [0.5, 0.6) is 0 Å². The van der Waals surface area contributed by atoms with E-state index in [-0.39, 0.29) is 13.0 Å². The number of esters is 1. The third kappa shape index (κ3) is 5.90. The van der Waals surface area contributed by atoms with Crippen molar-refractivity contribution in [2.75, 3.05) is 6.61 Å². The molecule has 0 aliphatic rings. The minimum Gasteiger partial charge on any atom is -0.466 e. The molecule has 1 N–H and O–H groups in total. The second-order valence-corrected chi connectivity index (χ2v) is 5.55. The summed E-state index contributed by atoms with van der Waals surface area (Å²) < 4.78 is 43.1. The van der Waals surface area contributed by atoms with Gasteiger partial charge in [-0.05, 0) is 30.2 Å². The molecule has 6 heteroatoms. The lowest BCUT2D eigenvalue weighted by Gasteiger charge is -2.19. The molecule has 3 nitrogen and oxygen atoms in total.